The third-order valence-corrected chi connectivity index (χ3v) is 4.10. The SMILES string of the molecule is Cc1c(C(=O)NC2CC(F)(F)C2)noc1-c1ccc(C(F)(F)F)c(F)c1. The van der Waals surface area contributed by atoms with E-state index in [0.717, 1.165) is 6.07 Å². The number of hydrogen-bond acceptors (Lipinski definition) is 3. The summed E-state index contributed by atoms with van der Waals surface area (Å²) in [6.45, 7) is 1.41. The second-order valence-corrected chi connectivity index (χ2v) is 6.11. The van der Waals surface area contributed by atoms with Crippen LogP contribution in [0.5, 0.6) is 0 Å². The molecule has 1 amide bonds. The minimum Gasteiger partial charge on any atom is -0.355 e. The van der Waals surface area contributed by atoms with Gasteiger partial charge in [-0.25, -0.2) is 13.2 Å². The summed E-state index contributed by atoms with van der Waals surface area (Å²) in [6.07, 6.45) is -5.80. The van der Waals surface area contributed by atoms with Gasteiger partial charge in [-0.15, -0.1) is 0 Å². The maximum absolute atomic E-state index is 13.7. The van der Waals surface area contributed by atoms with E-state index in [-0.39, 0.29) is 22.6 Å². The van der Waals surface area contributed by atoms with Crippen molar-refractivity contribution in [2.45, 2.75) is 37.9 Å². The van der Waals surface area contributed by atoms with Crippen molar-refractivity contribution in [2.75, 3.05) is 0 Å². The van der Waals surface area contributed by atoms with E-state index in [9.17, 15) is 31.1 Å². The monoisotopic (exact) mass is 378 g/mol. The van der Waals surface area contributed by atoms with Crippen molar-refractivity contribution in [3.05, 3.63) is 40.8 Å². The first kappa shape index (κ1) is 18.3. The summed E-state index contributed by atoms with van der Waals surface area (Å²) in [5, 5.41) is 5.89. The van der Waals surface area contributed by atoms with Crippen LogP contribution in [0.3, 0.4) is 0 Å². The molecule has 1 N–H and O–H groups in total. The van der Waals surface area contributed by atoms with Crippen LogP contribution in [0.25, 0.3) is 11.3 Å². The number of carbonyl (C=O) groups excluding carboxylic acids is 1. The van der Waals surface area contributed by atoms with Crippen LogP contribution in [-0.4, -0.2) is 23.0 Å². The third kappa shape index (κ3) is 3.40. The summed E-state index contributed by atoms with van der Waals surface area (Å²) in [5.41, 5.74) is -1.50. The zero-order valence-corrected chi connectivity index (χ0v) is 13.3. The number of amides is 1. The standard InChI is InChI=1S/C16H12F6N2O2/c1-7-12(14(25)23-9-5-15(18,19)6-9)24-26-13(7)8-2-3-10(11(17)4-8)16(20,21)22/h2-4,9H,5-6H2,1H3,(H,23,25). The summed E-state index contributed by atoms with van der Waals surface area (Å²) in [7, 11) is 0. The van der Waals surface area contributed by atoms with Crippen molar-refractivity contribution in [2.24, 2.45) is 0 Å². The van der Waals surface area contributed by atoms with Gasteiger partial charge < -0.3 is 9.84 Å². The topological polar surface area (TPSA) is 55.1 Å². The summed E-state index contributed by atoms with van der Waals surface area (Å²) >= 11 is 0. The van der Waals surface area contributed by atoms with Crippen molar-refractivity contribution in [1.29, 1.82) is 0 Å². The number of nitrogens with one attached hydrogen (secondary N) is 1. The summed E-state index contributed by atoms with van der Waals surface area (Å²) in [5.74, 6) is -5.12. The lowest BCUT2D eigenvalue weighted by molar-refractivity contribution is -0.140. The predicted molar refractivity (Wildman–Crippen MR) is 77.1 cm³/mol. The first-order valence-corrected chi connectivity index (χ1v) is 7.50. The van der Waals surface area contributed by atoms with Gasteiger partial charge in [-0.2, -0.15) is 13.2 Å². The number of alkyl halides is 5. The molecule has 26 heavy (non-hydrogen) atoms. The Morgan fingerprint density at radius 3 is 2.50 bits per heavy atom. The van der Waals surface area contributed by atoms with Gasteiger partial charge in [0, 0.05) is 30.0 Å². The van der Waals surface area contributed by atoms with Crippen molar-refractivity contribution >= 4 is 5.91 Å². The van der Waals surface area contributed by atoms with E-state index in [4.69, 9.17) is 4.52 Å². The predicted octanol–water partition coefficient (Wildman–Crippen LogP) is 4.34. The van der Waals surface area contributed by atoms with Gasteiger partial charge in [-0.3, -0.25) is 4.79 Å². The van der Waals surface area contributed by atoms with Crippen LogP contribution in [0, 0.1) is 12.7 Å². The number of halogens is 6. The minimum atomic E-state index is -4.84. The van der Waals surface area contributed by atoms with Crippen LogP contribution in [0.2, 0.25) is 0 Å². The molecule has 1 fully saturated rings. The van der Waals surface area contributed by atoms with Crippen LogP contribution in [0.4, 0.5) is 26.3 Å². The molecule has 0 atom stereocenters. The summed E-state index contributed by atoms with van der Waals surface area (Å²) in [6, 6.07) is 1.49. The van der Waals surface area contributed by atoms with Gasteiger partial charge in [0.2, 0.25) is 0 Å². The number of rotatable bonds is 3. The fourth-order valence-electron chi connectivity index (χ4n) is 2.72. The van der Waals surface area contributed by atoms with Gasteiger partial charge in [-0.05, 0) is 19.1 Å². The highest BCUT2D eigenvalue weighted by atomic mass is 19.4. The molecule has 1 aromatic carbocycles. The summed E-state index contributed by atoms with van der Waals surface area (Å²) in [4.78, 5) is 12.1. The van der Waals surface area contributed by atoms with Crippen LogP contribution in [0.1, 0.15) is 34.5 Å². The van der Waals surface area contributed by atoms with Crippen LogP contribution >= 0.6 is 0 Å². The molecule has 0 spiro atoms. The number of hydrogen-bond donors (Lipinski definition) is 1. The van der Waals surface area contributed by atoms with Gasteiger partial charge in [0.15, 0.2) is 11.5 Å². The molecule has 0 radical (unpaired) electrons. The lowest BCUT2D eigenvalue weighted by Gasteiger charge is -2.35. The third-order valence-electron chi connectivity index (χ3n) is 4.10. The first-order valence-electron chi connectivity index (χ1n) is 7.50. The maximum atomic E-state index is 13.7. The fraction of sp³-hybridized carbons (Fsp3) is 0.375. The molecule has 1 aliphatic rings. The average Bonchev–Trinajstić information content (AvgIpc) is 2.85. The molecule has 0 aliphatic heterocycles. The van der Waals surface area contributed by atoms with E-state index in [1.807, 2.05) is 0 Å². The highest BCUT2D eigenvalue weighted by Gasteiger charge is 2.46. The molecule has 0 unspecified atom stereocenters. The Labute approximate surface area is 143 Å². The Kier molecular flexibility index (Phi) is 4.24. The van der Waals surface area contributed by atoms with Crippen molar-refractivity contribution < 1.29 is 35.7 Å². The van der Waals surface area contributed by atoms with Crippen LogP contribution in [0.15, 0.2) is 22.7 Å². The van der Waals surface area contributed by atoms with Gasteiger partial charge in [0.05, 0.1) is 5.56 Å². The zero-order valence-electron chi connectivity index (χ0n) is 13.3. The molecule has 1 aromatic heterocycles. The molecule has 2 aromatic rings. The Bertz CT molecular complexity index is 851. The summed E-state index contributed by atoms with van der Waals surface area (Å²) < 4.78 is 82.1. The van der Waals surface area contributed by atoms with Crippen LogP contribution < -0.4 is 5.32 Å². The van der Waals surface area contributed by atoms with Crippen molar-refractivity contribution in [1.82, 2.24) is 10.5 Å². The second kappa shape index (κ2) is 6.03. The molecule has 1 heterocycles. The van der Waals surface area contributed by atoms with Gasteiger partial charge in [0.25, 0.3) is 11.8 Å². The lowest BCUT2D eigenvalue weighted by atomic mass is 9.88. The van der Waals surface area contributed by atoms with Gasteiger partial charge in [-0.1, -0.05) is 11.2 Å². The van der Waals surface area contributed by atoms with E-state index in [0.29, 0.717) is 12.1 Å². The van der Waals surface area contributed by atoms with E-state index >= 15 is 0 Å². The molecule has 140 valence electrons. The highest BCUT2D eigenvalue weighted by molar-refractivity contribution is 5.95. The molecule has 3 rings (SSSR count). The molecule has 0 bridgehead atoms. The molecule has 4 nitrogen and oxygen atoms in total. The van der Waals surface area contributed by atoms with E-state index in [1.54, 1.807) is 0 Å². The normalized spacial score (nSPS) is 17.0. The molecular formula is C16H12F6N2O2. The Morgan fingerprint density at radius 2 is 1.96 bits per heavy atom. The van der Waals surface area contributed by atoms with Gasteiger partial charge >= 0.3 is 6.18 Å². The number of nitrogens with zero attached hydrogens (tertiary/aromatic N) is 1. The molecule has 0 saturated heterocycles. The number of aromatic nitrogens is 1. The lowest BCUT2D eigenvalue weighted by Crippen LogP contribution is -2.50. The number of carbonyl (C=O) groups is 1. The van der Waals surface area contributed by atoms with E-state index in [1.165, 1.54) is 6.92 Å². The second-order valence-electron chi connectivity index (χ2n) is 6.11. The average molecular weight is 378 g/mol. The minimum absolute atomic E-state index is 0.0327. The Hall–Kier alpha value is -2.52. The molecule has 10 heteroatoms. The quantitative estimate of drug-likeness (QED) is 0.809. The van der Waals surface area contributed by atoms with E-state index in [2.05, 4.69) is 10.5 Å². The molecule has 1 aliphatic carbocycles. The van der Waals surface area contributed by atoms with E-state index < -0.39 is 48.3 Å². The largest absolute Gasteiger partial charge is 0.419 e. The van der Waals surface area contributed by atoms with Gasteiger partial charge in [0.1, 0.15) is 5.82 Å². The smallest absolute Gasteiger partial charge is 0.355 e. The maximum Gasteiger partial charge on any atom is 0.419 e. The molecular weight excluding hydrogens is 366 g/mol. The Balaban J connectivity index is 1.81. The fourth-order valence-corrected chi connectivity index (χ4v) is 2.72. The van der Waals surface area contributed by atoms with Crippen molar-refractivity contribution in [3.8, 4) is 11.3 Å². The number of benzene rings is 1. The Morgan fingerprint density at radius 1 is 1.31 bits per heavy atom. The van der Waals surface area contributed by atoms with Crippen LogP contribution in [-0.2, 0) is 6.18 Å². The first-order chi connectivity index (χ1) is 12.0. The molecule has 1 saturated carbocycles. The highest BCUT2D eigenvalue weighted by Crippen LogP contribution is 2.38. The zero-order chi connectivity index (χ0) is 19.3. The van der Waals surface area contributed by atoms with Crippen molar-refractivity contribution in [3.63, 3.8) is 0 Å².